The molecule has 238 valence electrons. The Morgan fingerprint density at radius 3 is 2.50 bits per heavy atom. The Balaban J connectivity index is 1.61. The number of likely N-dealkylation sites (N-methyl/N-ethyl adjacent to an activating group) is 1. The van der Waals surface area contributed by atoms with Crippen LogP contribution in [0.15, 0.2) is 51.9 Å². The minimum atomic E-state index is -4.03. The van der Waals surface area contributed by atoms with Gasteiger partial charge in [0.2, 0.25) is 5.91 Å². The Morgan fingerprint density at radius 1 is 1.20 bits per heavy atom. The summed E-state index contributed by atoms with van der Waals surface area (Å²) in [6.45, 7) is 6.93. The predicted octanol–water partition coefficient (Wildman–Crippen LogP) is 3.41. The van der Waals surface area contributed by atoms with Crippen molar-refractivity contribution >= 4 is 33.3 Å². The molecule has 0 aliphatic carbocycles. The average molecular weight is 630 g/mol. The summed E-state index contributed by atoms with van der Waals surface area (Å²) in [6, 6.07) is 10.8. The molecule has 0 spiro atoms. The van der Waals surface area contributed by atoms with Crippen LogP contribution >= 0.6 is 0 Å². The lowest BCUT2D eigenvalue weighted by Crippen LogP contribution is -2.48. The van der Waals surface area contributed by atoms with Crippen LogP contribution in [0.1, 0.15) is 30.9 Å². The summed E-state index contributed by atoms with van der Waals surface area (Å²) < 4.78 is 45.5. The number of aryl methyl sites for hydroxylation is 2. The molecule has 0 unspecified atom stereocenters. The zero-order valence-corrected chi connectivity index (χ0v) is 26.5. The summed E-state index contributed by atoms with van der Waals surface area (Å²) in [5, 5.41) is 16.5. The first-order chi connectivity index (χ1) is 20.8. The van der Waals surface area contributed by atoms with Crippen LogP contribution in [0.5, 0.6) is 11.5 Å². The van der Waals surface area contributed by atoms with Gasteiger partial charge < -0.3 is 34.2 Å². The van der Waals surface area contributed by atoms with Crippen LogP contribution in [0, 0.1) is 19.8 Å². The summed E-state index contributed by atoms with van der Waals surface area (Å²) in [7, 11) is -0.821. The molecule has 13 nitrogen and oxygen atoms in total. The van der Waals surface area contributed by atoms with Crippen LogP contribution < -0.4 is 19.5 Å². The molecule has 3 amide bonds. The smallest absolute Gasteiger partial charge is 0.321 e. The summed E-state index contributed by atoms with van der Waals surface area (Å²) in [5.74, 6) is 0.714. The molecule has 2 aromatic carbocycles. The van der Waals surface area contributed by atoms with Crippen LogP contribution in [0.25, 0.3) is 0 Å². The zero-order valence-electron chi connectivity index (χ0n) is 25.7. The first-order valence-corrected chi connectivity index (χ1v) is 15.6. The van der Waals surface area contributed by atoms with Crippen LogP contribution in [-0.4, -0.2) is 86.4 Å². The number of amides is 3. The first-order valence-electron chi connectivity index (χ1n) is 14.1. The quantitative estimate of drug-likeness (QED) is 0.322. The van der Waals surface area contributed by atoms with E-state index >= 15 is 0 Å². The molecule has 0 fully saturated rings. The number of nitrogens with one attached hydrogen (secondary N) is 2. The van der Waals surface area contributed by atoms with Crippen molar-refractivity contribution in [3.63, 3.8) is 0 Å². The van der Waals surface area contributed by atoms with Gasteiger partial charge in [-0.3, -0.25) is 9.52 Å². The minimum Gasteiger partial charge on any atom is -0.497 e. The minimum absolute atomic E-state index is 0.0545. The summed E-state index contributed by atoms with van der Waals surface area (Å²) in [5.41, 5.74) is 1.49. The average Bonchev–Trinajstić information content (AvgIpc) is 3.35. The van der Waals surface area contributed by atoms with E-state index in [2.05, 4.69) is 15.2 Å². The molecular weight excluding hydrogens is 590 g/mol. The fourth-order valence-corrected chi connectivity index (χ4v) is 6.40. The number of benzene rings is 2. The molecule has 0 bridgehead atoms. The van der Waals surface area contributed by atoms with Crippen molar-refractivity contribution in [3.05, 3.63) is 59.5 Å². The Hall–Kier alpha value is -4.30. The van der Waals surface area contributed by atoms with E-state index in [0.29, 0.717) is 22.7 Å². The second-order valence-corrected chi connectivity index (χ2v) is 12.6. The van der Waals surface area contributed by atoms with Crippen molar-refractivity contribution in [2.24, 2.45) is 5.92 Å². The maximum Gasteiger partial charge on any atom is 0.321 e. The Bertz CT molecular complexity index is 1570. The number of anilines is 2. The summed E-state index contributed by atoms with van der Waals surface area (Å²) in [4.78, 5) is 29.6. The number of aromatic nitrogens is 1. The normalized spacial score (nSPS) is 17.8. The molecule has 0 saturated heterocycles. The van der Waals surface area contributed by atoms with Crippen molar-refractivity contribution < 1.29 is 37.1 Å². The van der Waals surface area contributed by atoms with Crippen molar-refractivity contribution in [1.29, 1.82) is 0 Å². The van der Waals surface area contributed by atoms with Crippen molar-refractivity contribution in [2.75, 3.05) is 43.9 Å². The highest BCUT2D eigenvalue weighted by Crippen LogP contribution is 2.31. The fraction of sp³-hybridized carbons (Fsp3) is 0.433. The van der Waals surface area contributed by atoms with E-state index in [9.17, 15) is 23.1 Å². The standard InChI is InChI=1S/C30H39N5O8S/c1-18-15-35(19(2)17-36)28(37)14-22-13-24(33-44(39,40)29-20(3)32-43-21(29)4)9-12-26(22)42-27(18)16-34(5)30(38)31-23-7-10-25(41-6)11-8-23/h7-13,18-19,27,33,36H,14-17H2,1-6H3,(H,31,38)/t18-,19+,27+/m0/s1. The highest BCUT2D eigenvalue weighted by atomic mass is 32.2. The van der Waals surface area contributed by atoms with E-state index in [1.807, 2.05) is 6.92 Å². The Labute approximate surface area is 257 Å². The number of aliphatic hydroxyl groups is 1. The van der Waals surface area contributed by atoms with Crippen LogP contribution in [-0.2, 0) is 21.2 Å². The molecule has 2 heterocycles. The van der Waals surface area contributed by atoms with Gasteiger partial charge in [-0.1, -0.05) is 12.1 Å². The Morgan fingerprint density at radius 2 is 1.89 bits per heavy atom. The van der Waals surface area contributed by atoms with Crippen LogP contribution in [0.2, 0.25) is 0 Å². The third-order valence-electron chi connectivity index (χ3n) is 7.55. The van der Waals surface area contributed by atoms with Gasteiger partial charge in [0, 0.05) is 36.4 Å². The number of hydrogen-bond donors (Lipinski definition) is 3. The number of nitrogens with zero attached hydrogens (tertiary/aromatic N) is 3. The number of carbonyl (C=O) groups is 2. The molecule has 3 aromatic rings. The molecule has 44 heavy (non-hydrogen) atoms. The lowest BCUT2D eigenvalue weighted by molar-refractivity contribution is -0.134. The van der Waals surface area contributed by atoms with Gasteiger partial charge in [-0.2, -0.15) is 0 Å². The molecule has 14 heteroatoms. The molecule has 1 aromatic heterocycles. The highest BCUT2D eigenvalue weighted by molar-refractivity contribution is 7.92. The molecule has 3 N–H and O–H groups in total. The van der Waals surface area contributed by atoms with E-state index in [1.54, 1.807) is 68.4 Å². The van der Waals surface area contributed by atoms with Gasteiger partial charge in [0.15, 0.2) is 10.7 Å². The van der Waals surface area contributed by atoms with Crippen molar-refractivity contribution in [3.8, 4) is 11.5 Å². The number of ether oxygens (including phenoxy) is 2. The largest absolute Gasteiger partial charge is 0.497 e. The Kier molecular flexibility index (Phi) is 10.0. The molecule has 0 saturated carbocycles. The second-order valence-electron chi connectivity index (χ2n) is 11.0. The maximum absolute atomic E-state index is 13.5. The van der Waals surface area contributed by atoms with E-state index in [1.165, 1.54) is 18.7 Å². The zero-order chi connectivity index (χ0) is 32.2. The number of methoxy groups -OCH3 is 1. The number of aliphatic hydroxyl groups excluding tert-OH is 1. The van der Waals surface area contributed by atoms with Crippen molar-refractivity contribution in [2.45, 2.75) is 51.2 Å². The van der Waals surface area contributed by atoms with Crippen LogP contribution in [0.3, 0.4) is 0 Å². The van der Waals surface area contributed by atoms with E-state index in [4.69, 9.17) is 14.0 Å². The molecule has 1 aliphatic rings. The van der Waals surface area contributed by atoms with Gasteiger partial charge in [0.05, 0.1) is 32.7 Å². The molecular formula is C30H39N5O8S. The van der Waals surface area contributed by atoms with Gasteiger partial charge >= 0.3 is 6.03 Å². The maximum atomic E-state index is 13.5. The number of sulfonamides is 1. The number of carbonyl (C=O) groups excluding carboxylic acids is 2. The van der Waals surface area contributed by atoms with Crippen molar-refractivity contribution in [1.82, 2.24) is 15.0 Å². The number of urea groups is 1. The van der Waals surface area contributed by atoms with Gasteiger partial charge in [0.25, 0.3) is 10.0 Å². The first kappa shape index (κ1) is 32.6. The number of rotatable bonds is 9. The van der Waals surface area contributed by atoms with E-state index in [0.717, 1.165) is 0 Å². The molecule has 1 aliphatic heterocycles. The third-order valence-corrected chi connectivity index (χ3v) is 9.17. The second kappa shape index (κ2) is 13.6. The lowest BCUT2D eigenvalue weighted by atomic mass is 10.0. The lowest BCUT2D eigenvalue weighted by Gasteiger charge is -2.34. The monoisotopic (exact) mass is 629 g/mol. The van der Waals surface area contributed by atoms with E-state index in [-0.39, 0.29) is 66.0 Å². The molecule has 0 radical (unpaired) electrons. The third kappa shape index (κ3) is 7.42. The highest BCUT2D eigenvalue weighted by Gasteiger charge is 2.32. The number of hydrogen-bond acceptors (Lipinski definition) is 9. The molecule has 4 rings (SSSR count). The molecule has 3 atom stereocenters. The van der Waals surface area contributed by atoms with E-state index < -0.39 is 22.2 Å². The van der Waals surface area contributed by atoms with Gasteiger partial charge in [0.1, 0.15) is 23.3 Å². The van der Waals surface area contributed by atoms with Gasteiger partial charge in [-0.25, -0.2) is 13.2 Å². The SMILES string of the molecule is COc1ccc(NC(=O)N(C)C[C@H]2Oc3ccc(NS(=O)(=O)c4c(C)noc4C)cc3CC(=O)N([C@H](C)CO)C[C@@H]2C)cc1. The number of fused-ring (bicyclic) bond motifs is 1. The van der Waals surface area contributed by atoms with Gasteiger partial charge in [-0.15, -0.1) is 0 Å². The fourth-order valence-electron chi connectivity index (χ4n) is 5.02. The predicted molar refractivity (Wildman–Crippen MR) is 163 cm³/mol. The topological polar surface area (TPSA) is 164 Å². The van der Waals surface area contributed by atoms with Gasteiger partial charge in [-0.05, 0) is 63.2 Å². The van der Waals surface area contributed by atoms with Crippen LogP contribution in [0.4, 0.5) is 16.2 Å². The summed E-state index contributed by atoms with van der Waals surface area (Å²) >= 11 is 0. The summed E-state index contributed by atoms with van der Waals surface area (Å²) in [6.07, 6.45) is -0.641.